The van der Waals surface area contributed by atoms with Crippen LogP contribution in [-0.2, 0) is 6.42 Å². The number of nitrogens with zero attached hydrogens (tertiary/aromatic N) is 2. The van der Waals surface area contributed by atoms with Crippen LogP contribution in [0.5, 0.6) is 0 Å². The smallest absolute Gasteiger partial charge is 0.0378 e. The number of hydrogen-bond acceptors (Lipinski definition) is 4. The molecule has 0 aliphatic carbocycles. The highest BCUT2D eigenvalue weighted by atomic mass is 15.1. The Balaban J connectivity index is 2.61. The van der Waals surface area contributed by atoms with Gasteiger partial charge in [0.15, 0.2) is 0 Å². The molecule has 0 spiro atoms. The van der Waals surface area contributed by atoms with Crippen LogP contribution in [0.1, 0.15) is 18.9 Å². The van der Waals surface area contributed by atoms with E-state index in [1.165, 1.54) is 0 Å². The summed E-state index contributed by atoms with van der Waals surface area (Å²) in [6, 6.07) is 2.29. The SMILES string of the molecule is CCCNC(Cc1cnccc1N)CN(C)C. The average Bonchev–Trinajstić information content (AvgIpc) is 2.28. The summed E-state index contributed by atoms with van der Waals surface area (Å²) in [7, 11) is 4.18. The van der Waals surface area contributed by atoms with E-state index >= 15 is 0 Å². The van der Waals surface area contributed by atoms with E-state index in [-0.39, 0.29) is 0 Å². The van der Waals surface area contributed by atoms with Crippen LogP contribution in [0.2, 0.25) is 0 Å². The van der Waals surface area contributed by atoms with Crippen LogP contribution < -0.4 is 11.1 Å². The highest BCUT2D eigenvalue weighted by Gasteiger charge is 2.11. The monoisotopic (exact) mass is 236 g/mol. The summed E-state index contributed by atoms with van der Waals surface area (Å²) in [6.07, 6.45) is 5.68. The lowest BCUT2D eigenvalue weighted by molar-refractivity contribution is 0.336. The van der Waals surface area contributed by atoms with E-state index in [9.17, 15) is 0 Å². The first-order valence-electron chi connectivity index (χ1n) is 6.20. The van der Waals surface area contributed by atoms with Crippen molar-refractivity contribution >= 4 is 5.69 Å². The number of anilines is 1. The van der Waals surface area contributed by atoms with Crippen LogP contribution in [-0.4, -0.2) is 43.1 Å². The van der Waals surface area contributed by atoms with E-state index in [4.69, 9.17) is 5.73 Å². The molecular weight excluding hydrogens is 212 g/mol. The van der Waals surface area contributed by atoms with Crippen LogP contribution in [0.4, 0.5) is 5.69 Å². The van der Waals surface area contributed by atoms with Gasteiger partial charge in [0.05, 0.1) is 0 Å². The van der Waals surface area contributed by atoms with Gasteiger partial charge in [-0.2, -0.15) is 0 Å². The van der Waals surface area contributed by atoms with Gasteiger partial charge in [-0.15, -0.1) is 0 Å². The number of hydrogen-bond donors (Lipinski definition) is 2. The molecule has 1 aromatic heterocycles. The van der Waals surface area contributed by atoms with Crippen molar-refractivity contribution in [2.24, 2.45) is 0 Å². The summed E-state index contributed by atoms with van der Waals surface area (Å²) in [5, 5.41) is 3.55. The summed E-state index contributed by atoms with van der Waals surface area (Å²) in [4.78, 5) is 6.33. The highest BCUT2D eigenvalue weighted by molar-refractivity contribution is 5.44. The van der Waals surface area contributed by atoms with Crippen molar-refractivity contribution in [1.29, 1.82) is 0 Å². The number of likely N-dealkylation sites (N-methyl/N-ethyl adjacent to an activating group) is 1. The van der Waals surface area contributed by atoms with Crippen LogP contribution in [0, 0.1) is 0 Å². The minimum atomic E-state index is 0.427. The molecule has 1 atom stereocenters. The van der Waals surface area contributed by atoms with Crippen molar-refractivity contribution in [3.8, 4) is 0 Å². The van der Waals surface area contributed by atoms with Crippen molar-refractivity contribution in [2.45, 2.75) is 25.8 Å². The molecule has 0 aromatic carbocycles. The van der Waals surface area contributed by atoms with Gasteiger partial charge < -0.3 is 16.0 Å². The minimum absolute atomic E-state index is 0.427. The van der Waals surface area contributed by atoms with E-state index in [0.29, 0.717) is 6.04 Å². The number of pyridine rings is 1. The Labute approximate surface area is 104 Å². The maximum atomic E-state index is 5.95. The van der Waals surface area contributed by atoms with E-state index in [0.717, 1.165) is 37.2 Å². The third-order valence-electron chi connectivity index (χ3n) is 2.68. The fourth-order valence-corrected chi connectivity index (χ4v) is 1.86. The van der Waals surface area contributed by atoms with Gasteiger partial charge in [-0.25, -0.2) is 0 Å². The maximum absolute atomic E-state index is 5.95. The standard InChI is InChI=1S/C13H24N4/c1-4-6-16-12(10-17(2)3)8-11-9-15-7-5-13(11)14/h5,7,9,12,16H,4,6,8,10H2,1-3H3,(H2,14,15). The molecule has 96 valence electrons. The number of nitrogens with two attached hydrogens (primary N) is 1. The molecule has 1 heterocycles. The van der Waals surface area contributed by atoms with Crippen molar-refractivity contribution in [3.63, 3.8) is 0 Å². The summed E-state index contributed by atoms with van der Waals surface area (Å²) in [5.74, 6) is 0. The Morgan fingerprint density at radius 2 is 2.24 bits per heavy atom. The molecule has 3 N–H and O–H groups in total. The highest BCUT2D eigenvalue weighted by Crippen LogP contribution is 2.11. The largest absolute Gasteiger partial charge is 0.398 e. The molecule has 1 rings (SSSR count). The first-order chi connectivity index (χ1) is 8.13. The fourth-order valence-electron chi connectivity index (χ4n) is 1.86. The first-order valence-corrected chi connectivity index (χ1v) is 6.20. The maximum Gasteiger partial charge on any atom is 0.0378 e. The van der Waals surface area contributed by atoms with Gasteiger partial charge in [-0.3, -0.25) is 4.98 Å². The van der Waals surface area contributed by atoms with E-state index < -0.39 is 0 Å². The van der Waals surface area contributed by atoms with Crippen LogP contribution >= 0.6 is 0 Å². The third-order valence-corrected chi connectivity index (χ3v) is 2.68. The lowest BCUT2D eigenvalue weighted by Gasteiger charge is -2.22. The third kappa shape index (κ3) is 5.15. The average molecular weight is 236 g/mol. The van der Waals surface area contributed by atoms with Gasteiger partial charge in [-0.1, -0.05) is 6.92 Å². The molecule has 1 aromatic rings. The predicted molar refractivity (Wildman–Crippen MR) is 73.0 cm³/mol. The zero-order valence-electron chi connectivity index (χ0n) is 11.1. The van der Waals surface area contributed by atoms with Gasteiger partial charge in [0.25, 0.3) is 0 Å². The molecule has 0 saturated heterocycles. The molecule has 4 heteroatoms. The van der Waals surface area contributed by atoms with Crippen molar-refractivity contribution < 1.29 is 0 Å². The van der Waals surface area contributed by atoms with Crippen molar-refractivity contribution in [2.75, 3.05) is 32.9 Å². The Hall–Kier alpha value is -1.13. The second kappa shape index (κ2) is 7.25. The summed E-state index contributed by atoms with van der Waals surface area (Å²) < 4.78 is 0. The predicted octanol–water partition coefficient (Wildman–Crippen LogP) is 1.14. The zero-order valence-corrected chi connectivity index (χ0v) is 11.1. The van der Waals surface area contributed by atoms with Crippen molar-refractivity contribution in [1.82, 2.24) is 15.2 Å². The van der Waals surface area contributed by atoms with Crippen LogP contribution in [0.25, 0.3) is 0 Å². The van der Waals surface area contributed by atoms with Gasteiger partial charge in [-0.05, 0) is 45.1 Å². The minimum Gasteiger partial charge on any atom is -0.398 e. The molecule has 0 amide bonds. The Morgan fingerprint density at radius 3 is 2.82 bits per heavy atom. The molecule has 17 heavy (non-hydrogen) atoms. The fraction of sp³-hybridized carbons (Fsp3) is 0.615. The first kappa shape index (κ1) is 13.9. The Morgan fingerprint density at radius 1 is 1.47 bits per heavy atom. The Bertz CT molecular complexity index is 325. The second-order valence-electron chi connectivity index (χ2n) is 4.69. The topological polar surface area (TPSA) is 54.2 Å². The van der Waals surface area contributed by atoms with Gasteiger partial charge in [0.2, 0.25) is 0 Å². The molecule has 0 saturated carbocycles. The van der Waals surface area contributed by atoms with E-state index in [1.807, 2.05) is 12.3 Å². The lowest BCUT2D eigenvalue weighted by atomic mass is 10.1. The Kier molecular flexibility index (Phi) is 5.94. The molecule has 1 unspecified atom stereocenters. The number of rotatable bonds is 7. The molecule has 4 nitrogen and oxygen atoms in total. The van der Waals surface area contributed by atoms with Crippen LogP contribution in [0.15, 0.2) is 18.5 Å². The van der Waals surface area contributed by atoms with E-state index in [2.05, 4.69) is 36.2 Å². The van der Waals surface area contributed by atoms with Gasteiger partial charge >= 0.3 is 0 Å². The lowest BCUT2D eigenvalue weighted by Crippen LogP contribution is -2.40. The van der Waals surface area contributed by atoms with Crippen molar-refractivity contribution in [3.05, 3.63) is 24.0 Å². The second-order valence-corrected chi connectivity index (χ2v) is 4.69. The summed E-state index contributed by atoms with van der Waals surface area (Å²) in [5.41, 5.74) is 7.91. The van der Waals surface area contributed by atoms with Gasteiger partial charge in [0, 0.05) is 30.7 Å². The summed E-state index contributed by atoms with van der Waals surface area (Å²) >= 11 is 0. The molecule has 0 radical (unpaired) electrons. The quantitative estimate of drug-likeness (QED) is 0.745. The summed E-state index contributed by atoms with van der Waals surface area (Å²) in [6.45, 7) is 4.23. The van der Waals surface area contributed by atoms with Crippen LogP contribution in [0.3, 0.4) is 0 Å². The molecule has 0 aliphatic heterocycles. The number of aromatic nitrogens is 1. The molecule has 0 aliphatic rings. The van der Waals surface area contributed by atoms with Gasteiger partial charge in [0.1, 0.15) is 0 Å². The molecule has 0 fully saturated rings. The number of nitrogens with one attached hydrogen (secondary N) is 1. The molecular formula is C13H24N4. The zero-order chi connectivity index (χ0) is 12.7. The number of nitrogen functional groups attached to an aromatic ring is 1. The molecule has 0 bridgehead atoms. The van der Waals surface area contributed by atoms with E-state index in [1.54, 1.807) is 6.20 Å². The normalized spacial score (nSPS) is 12.9.